The number of esters is 1. The van der Waals surface area contributed by atoms with Gasteiger partial charge in [-0.1, -0.05) is 29.3 Å². The molecule has 2 atom stereocenters. The Kier molecular flexibility index (Phi) is 7.99. The standard InChI is InChI=1S/C23H29BrF2N2O4S/c1-4-15(14-33(30,31)18-10-16(23(3,25)26)9-17(24)11-18)19-7-6-8-21-20(19)12-27-28(21)13-22(29)32-5-2/h9-12,15,19H,4-8,13-14H2,1-3H3. The van der Waals surface area contributed by atoms with Gasteiger partial charge in [0.15, 0.2) is 9.84 Å². The lowest BCUT2D eigenvalue weighted by molar-refractivity contribution is -0.144. The number of alkyl halides is 2. The van der Waals surface area contributed by atoms with Crippen LogP contribution in [0.3, 0.4) is 0 Å². The fourth-order valence-electron chi connectivity index (χ4n) is 4.50. The third-order valence-electron chi connectivity index (χ3n) is 6.16. The summed E-state index contributed by atoms with van der Waals surface area (Å²) in [4.78, 5) is 11.8. The molecule has 0 N–H and O–H groups in total. The molecule has 1 aliphatic carbocycles. The van der Waals surface area contributed by atoms with Gasteiger partial charge in [-0.05, 0) is 61.8 Å². The second-order valence-electron chi connectivity index (χ2n) is 8.52. The quantitative estimate of drug-likeness (QED) is 0.402. The van der Waals surface area contributed by atoms with Crippen LogP contribution in [-0.2, 0) is 38.3 Å². The van der Waals surface area contributed by atoms with Crippen LogP contribution >= 0.6 is 15.9 Å². The monoisotopic (exact) mass is 546 g/mol. The molecule has 1 aromatic heterocycles. The van der Waals surface area contributed by atoms with E-state index in [2.05, 4.69) is 21.0 Å². The number of aromatic nitrogens is 2. The summed E-state index contributed by atoms with van der Waals surface area (Å²) in [5, 5.41) is 4.37. The van der Waals surface area contributed by atoms with Crippen LogP contribution in [0.2, 0.25) is 0 Å². The van der Waals surface area contributed by atoms with Gasteiger partial charge in [-0.25, -0.2) is 17.2 Å². The molecule has 1 heterocycles. The van der Waals surface area contributed by atoms with Crippen LogP contribution in [0.25, 0.3) is 0 Å². The number of ether oxygens (including phenoxy) is 1. The molecule has 2 aromatic rings. The van der Waals surface area contributed by atoms with Crippen LogP contribution in [0, 0.1) is 5.92 Å². The van der Waals surface area contributed by atoms with Crippen molar-refractivity contribution < 1.29 is 26.7 Å². The SMILES string of the molecule is CCOC(=O)Cn1ncc2c1CCCC2C(CC)CS(=O)(=O)c1cc(Br)cc(C(C)(F)F)c1. The van der Waals surface area contributed by atoms with Crippen LogP contribution in [0.4, 0.5) is 8.78 Å². The molecule has 10 heteroatoms. The Balaban J connectivity index is 1.87. The largest absolute Gasteiger partial charge is 0.465 e. The molecule has 0 spiro atoms. The molecule has 0 amide bonds. The van der Waals surface area contributed by atoms with Gasteiger partial charge < -0.3 is 4.74 Å². The first-order valence-corrected chi connectivity index (χ1v) is 13.5. The molecule has 3 rings (SSSR count). The highest BCUT2D eigenvalue weighted by molar-refractivity contribution is 9.10. The normalized spacial score (nSPS) is 17.5. The molecule has 33 heavy (non-hydrogen) atoms. The Bertz CT molecular complexity index is 1110. The van der Waals surface area contributed by atoms with Gasteiger partial charge in [0.05, 0.1) is 23.5 Å². The highest BCUT2D eigenvalue weighted by Gasteiger charge is 2.34. The lowest BCUT2D eigenvalue weighted by atomic mass is 9.78. The van der Waals surface area contributed by atoms with Gasteiger partial charge in [-0.3, -0.25) is 9.48 Å². The molecule has 1 aliphatic rings. The minimum Gasteiger partial charge on any atom is -0.465 e. The predicted octanol–water partition coefficient (Wildman–Crippen LogP) is 5.24. The van der Waals surface area contributed by atoms with Crippen molar-refractivity contribution in [2.75, 3.05) is 12.4 Å². The molecular formula is C23H29BrF2N2O4S. The van der Waals surface area contributed by atoms with Crippen molar-refractivity contribution in [1.29, 1.82) is 0 Å². The fraction of sp³-hybridized carbons (Fsp3) is 0.565. The first-order chi connectivity index (χ1) is 15.5. The van der Waals surface area contributed by atoms with E-state index in [1.165, 1.54) is 12.1 Å². The van der Waals surface area contributed by atoms with Crippen molar-refractivity contribution >= 4 is 31.7 Å². The average Bonchev–Trinajstić information content (AvgIpc) is 3.14. The maximum absolute atomic E-state index is 13.9. The van der Waals surface area contributed by atoms with Crippen LogP contribution in [0.1, 0.15) is 62.8 Å². The summed E-state index contributed by atoms with van der Waals surface area (Å²) in [5.41, 5.74) is 1.55. The summed E-state index contributed by atoms with van der Waals surface area (Å²) >= 11 is 3.17. The molecule has 0 radical (unpaired) electrons. The van der Waals surface area contributed by atoms with Gasteiger partial charge in [0.2, 0.25) is 0 Å². The smallest absolute Gasteiger partial charge is 0.327 e. The van der Waals surface area contributed by atoms with Crippen molar-refractivity contribution in [2.45, 2.75) is 69.7 Å². The molecule has 2 unspecified atom stereocenters. The second kappa shape index (κ2) is 10.2. The lowest BCUT2D eigenvalue weighted by Crippen LogP contribution is -2.26. The summed E-state index contributed by atoms with van der Waals surface area (Å²) in [7, 11) is -3.81. The second-order valence-corrected chi connectivity index (χ2v) is 11.5. The summed E-state index contributed by atoms with van der Waals surface area (Å²) in [5.74, 6) is -3.91. The average molecular weight is 547 g/mol. The van der Waals surface area contributed by atoms with E-state index in [0.717, 1.165) is 43.5 Å². The lowest BCUT2D eigenvalue weighted by Gasteiger charge is -2.30. The summed E-state index contributed by atoms with van der Waals surface area (Å²) in [6.45, 7) is 4.75. The first kappa shape index (κ1) is 25.8. The molecule has 0 bridgehead atoms. The van der Waals surface area contributed by atoms with Crippen molar-refractivity contribution in [1.82, 2.24) is 9.78 Å². The van der Waals surface area contributed by atoms with Gasteiger partial charge >= 0.3 is 5.97 Å². The third kappa shape index (κ3) is 6.01. The number of hydrogen-bond acceptors (Lipinski definition) is 5. The van der Waals surface area contributed by atoms with Gasteiger partial charge in [0.1, 0.15) is 6.54 Å². The van der Waals surface area contributed by atoms with Crippen LogP contribution in [0.5, 0.6) is 0 Å². The van der Waals surface area contributed by atoms with Crippen molar-refractivity contribution in [2.24, 2.45) is 5.92 Å². The van der Waals surface area contributed by atoms with Gasteiger partial charge in [0.25, 0.3) is 5.92 Å². The molecule has 0 aliphatic heterocycles. The Morgan fingerprint density at radius 2 is 2.06 bits per heavy atom. The van der Waals surface area contributed by atoms with E-state index < -0.39 is 15.8 Å². The van der Waals surface area contributed by atoms with E-state index in [1.54, 1.807) is 17.8 Å². The van der Waals surface area contributed by atoms with Gasteiger partial charge in [-0.15, -0.1) is 0 Å². The minimum atomic E-state index is -3.81. The topological polar surface area (TPSA) is 78.3 Å². The number of fused-ring (bicyclic) bond motifs is 1. The number of rotatable bonds is 9. The molecule has 0 saturated carbocycles. The molecule has 1 aromatic carbocycles. The Hall–Kier alpha value is -1.81. The highest BCUT2D eigenvalue weighted by atomic mass is 79.9. The van der Waals surface area contributed by atoms with Crippen LogP contribution < -0.4 is 0 Å². The van der Waals surface area contributed by atoms with E-state index in [-0.39, 0.29) is 40.6 Å². The number of hydrogen-bond donors (Lipinski definition) is 0. The van der Waals surface area contributed by atoms with E-state index in [9.17, 15) is 22.0 Å². The number of nitrogens with zero attached hydrogens (tertiary/aromatic N) is 2. The van der Waals surface area contributed by atoms with Crippen LogP contribution in [-0.4, -0.2) is 36.5 Å². The Morgan fingerprint density at radius 1 is 1.33 bits per heavy atom. The molecule has 0 fully saturated rings. The maximum Gasteiger partial charge on any atom is 0.327 e. The molecule has 182 valence electrons. The summed E-state index contributed by atoms with van der Waals surface area (Å²) in [6.07, 6.45) is 4.75. The van der Waals surface area contributed by atoms with E-state index >= 15 is 0 Å². The predicted molar refractivity (Wildman–Crippen MR) is 124 cm³/mol. The third-order valence-corrected chi connectivity index (χ3v) is 8.44. The van der Waals surface area contributed by atoms with E-state index in [1.807, 2.05) is 6.92 Å². The summed E-state index contributed by atoms with van der Waals surface area (Å²) in [6, 6.07) is 3.68. The molecule has 6 nitrogen and oxygen atoms in total. The molecular weight excluding hydrogens is 518 g/mol. The Labute approximate surface area is 201 Å². The number of carbonyl (C=O) groups excluding carboxylic acids is 1. The minimum absolute atomic E-state index is 0.0248. The van der Waals surface area contributed by atoms with E-state index in [4.69, 9.17) is 4.74 Å². The number of sulfone groups is 1. The highest BCUT2D eigenvalue weighted by Crippen LogP contribution is 2.40. The zero-order chi connectivity index (χ0) is 24.4. The number of halogens is 3. The fourth-order valence-corrected chi connectivity index (χ4v) is 6.98. The Morgan fingerprint density at radius 3 is 2.70 bits per heavy atom. The molecule has 0 saturated heterocycles. The maximum atomic E-state index is 13.9. The van der Waals surface area contributed by atoms with Crippen LogP contribution in [0.15, 0.2) is 33.8 Å². The van der Waals surface area contributed by atoms with Crippen molar-refractivity contribution in [3.05, 3.63) is 45.7 Å². The first-order valence-electron chi connectivity index (χ1n) is 11.1. The zero-order valence-electron chi connectivity index (χ0n) is 19.0. The van der Waals surface area contributed by atoms with Gasteiger partial charge in [-0.2, -0.15) is 5.10 Å². The van der Waals surface area contributed by atoms with E-state index in [0.29, 0.717) is 17.5 Å². The van der Waals surface area contributed by atoms with Gasteiger partial charge in [0, 0.05) is 22.7 Å². The van der Waals surface area contributed by atoms with Crippen molar-refractivity contribution in [3.8, 4) is 0 Å². The summed E-state index contributed by atoms with van der Waals surface area (Å²) < 4.78 is 61.2. The number of benzene rings is 1. The zero-order valence-corrected chi connectivity index (χ0v) is 21.4. The van der Waals surface area contributed by atoms with Crippen molar-refractivity contribution in [3.63, 3.8) is 0 Å². The number of carbonyl (C=O) groups is 1.